The summed E-state index contributed by atoms with van der Waals surface area (Å²) in [6.45, 7) is 2.12. The number of aliphatic imine (C=N–C) groups is 2. The molecule has 1 aromatic carbocycles. The van der Waals surface area contributed by atoms with E-state index in [-0.39, 0.29) is 0 Å². The van der Waals surface area contributed by atoms with Crippen LogP contribution in [0.5, 0.6) is 0 Å². The molecule has 0 radical (unpaired) electrons. The predicted octanol–water partition coefficient (Wildman–Crippen LogP) is 3.19. The average Bonchev–Trinajstić information content (AvgIpc) is 2.46. The topological polar surface area (TPSA) is 65.2 Å². The standard InChI is InChI=1S/C14H20N2.H2O2/c1-4-13(15-2)14(16-3)11-10-12-8-6-5-7-9-12;1-2/h5-9H,4,10-11H2,1-3H3;1-2H. The second-order valence-electron chi connectivity index (χ2n) is 3.68. The van der Waals surface area contributed by atoms with Crippen LogP contribution < -0.4 is 0 Å². The Morgan fingerprint density at radius 1 is 1.00 bits per heavy atom. The molecule has 0 aliphatic carbocycles. The normalized spacial score (nSPS) is 11.8. The molecule has 0 aliphatic rings. The van der Waals surface area contributed by atoms with Crippen molar-refractivity contribution in [3.05, 3.63) is 35.9 Å². The first-order valence-electron chi connectivity index (χ1n) is 5.97. The van der Waals surface area contributed by atoms with E-state index in [1.54, 1.807) is 0 Å². The number of hydrogen-bond donors (Lipinski definition) is 2. The van der Waals surface area contributed by atoms with Gasteiger partial charge in [-0.3, -0.25) is 20.5 Å². The maximum absolute atomic E-state index is 6.00. The molecular weight excluding hydrogens is 228 g/mol. The van der Waals surface area contributed by atoms with Crippen LogP contribution in [0, 0.1) is 0 Å². The van der Waals surface area contributed by atoms with E-state index in [0.29, 0.717) is 0 Å². The van der Waals surface area contributed by atoms with Crippen molar-refractivity contribution in [2.24, 2.45) is 9.98 Å². The van der Waals surface area contributed by atoms with Gasteiger partial charge < -0.3 is 0 Å². The highest BCUT2D eigenvalue weighted by molar-refractivity contribution is 6.42. The Balaban J connectivity index is 0.00000137. The highest BCUT2D eigenvalue weighted by atomic mass is 17.0. The Kier molecular flexibility index (Phi) is 9.73. The minimum Gasteiger partial charge on any atom is -0.291 e. The molecule has 1 rings (SSSR count). The van der Waals surface area contributed by atoms with E-state index in [1.165, 1.54) is 5.56 Å². The summed E-state index contributed by atoms with van der Waals surface area (Å²) in [5, 5.41) is 12.0. The Labute approximate surface area is 109 Å². The fourth-order valence-electron chi connectivity index (χ4n) is 1.78. The minimum absolute atomic E-state index is 0.956. The molecule has 100 valence electrons. The quantitative estimate of drug-likeness (QED) is 0.479. The molecule has 0 heterocycles. The van der Waals surface area contributed by atoms with Crippen LogP contribution in [0.15, 0.2) is 40.3 Å². The molecule has 0 saturated carbocycles. The lowest BCUT2D eigenvalue weighted by Crippen LogP contribution is -2.14. The molecule has 0 spiro atoms. The number of benzene rings is 1. The highest BCUT2D eigenvalue weighted by Crippen LogP contribution is 2.05. The zero-order chi connectivity index (χ0) is 13.8. The lowest BCUT2D eigenvalue weighted by atomic mass is 10.0. The Bertz CT molecular complexity index is 373. The van der Waals surface area contributed by atoms with Gasteiger partial charge in [-0.1, -0.05) is 37.3 Å². The molecule has 4 heteroatoms. The first kappa shape index (κ1) is 16.5. The molecule has 18 heavy (non-hydrogen) atoms. The van der Waals surface area contributed by atoms with Crippen molar-refractivity contribution in [2.45, 2.75) is 26.2 Å². The summed E-state index contributed by atoms with van der Waals surface area (Å²) in [4.78, 5) is 8.61. The van der Waals surface area contributed by atoms with Gasteiger partial charge in [0.25, 0.3) is 0 Å². The third kappa shape index (κ3) is 5.70. The van der Waals surface area contributed by atoms with E-state index in [2.05, 4.69) is 41.2 Å². The Hall–Kier alpha value is -1.52. The molecule has 0 unspecified atom stereocenters. The molecule has 0 bridgehead atoms. The number of aryl methyl sites for hydroxylation is 1. The first-order valence-corrected chi connectivity index (χ1v) is 5.97. The maximum Gasteiger partial charge on any atom is 0.0558 e. The van der Waals surface area contributed by atoms with E-state index < -0.39 is 0 Å². The van der Waals surface area contributed by atoms with Crippen LogP contribution in [0.2, 0.25) is 0 Å². The number of nitrogens with zero attached hydrogens (tertiary/aromatic N) is 2. The van der Waals surface area contributed by atoms with Crippen molar-refractivity contribution in [1.29, 1.82) is 0 Å². The molecule has 0 amide bonds. The molecule has 0 aliphatic heterocycles. The lowest BCUT2D eigenvalue weighted by Gasteiger charge is -2.07. The van der Waals surface area contributed by atoms with Gasteiger partial charge >= 0.3 is 0 Å². The Morgan fingerprint density at radius 2 is 1.56 bits per heavy atom. The SMILES string of the molecule is CCC(=NC)C(CCc1ccccc1)=NC.OO. The largest absolute Gasteiger partial charge is 0.291 e. The van der Waals surface area contributed by atoms with Crippen LogP contribution in [0.25, 0.3) is 0 Å². The highest BCUT2D eigenvalue weighted by Gasteiger charge is 2.05. The zero-order valence-corrected chi connectivity index (χ0v) is 11.3. The summed E-state index contributed by atoms with van der Waals surface area (Å²) < 4.78 is 0. The molecule has 1 aromatic rings. The van der Waals surface area contributed by atoms with Crippen LogP contribution in [-0.2, 0) is 6.42 Å². The zero-order valence-electron chi connectivity index (χ0n) is 11.3. The summed E-state index contributed by atoms with van der Waals surface area (Å²) in [7, 11) is 3.69. The summed E-state index contributed by atoms with van der Waals surface area (Å²) in [6, 6.07) is 10.5. The average molecular weight is 250 g/mol. The molecule has 0 aromatic heterocycles. The number of hydrogen-bond acceptors (Lipinski definition) is 4. The summed E-state index contributed by atoms with van der Waals surface area (Å²) >= 11 is 0. The third-order valence-electron chi connectivity index (χ3n) is 2.70. The van der Waals surface area contributed by atoms with Crippen LogP contribution in [0.1, 0.15) is 25.3 Å². The van der Waals surface area contributed by atoms with Gasteiger partial charge in [-0.15, -0.1) is 0 Å². The van der Waals surface area contributed by atoms with Crippen molar-refractivity contribution in [3.8, 4) is 0 Å². The van der Waals surface area contributed by atoms with E-state index in [0.717, 1.165) is 30.7 Å². The Morgan fingerprint density at radius 3 is 2.00 bits per heavy atom. The molecule has 0 atom stereocenters. The lowest BCUT2D eigenvalue weighted by molar-refractivity contribution is -0.176. The van der Waals surface area contributed by atoms with E-state index in [4.69, 9.17) is 10.5 Å². The van der Waals surface area contributed by atoms with Crippen molar-refractivity contribution < 1.29 is 10.5 Å². The van der Waals surface area contributed by atoms with E-state index in [9.17, 15) is 0 Å². The summed E-state index contributed by atoms with van der Waals surface area (Å²) in [6.07, 6.45) is 2.96. The minimum atomic E-state index is 0.956. The maximum atomic E-state index is 6.00. The fourth-order valence-corrected chi connectivity index (χ4v) is 1.78. The first-order chi connectivity index (χ1) is 8.81. The van der Waals surface area contributed by atoms with Gasteiger partial charge in [0, 0.05) is 14.1 Å². The fraction of sp³-hybridized carbons (Fsp3) is 0.429. The van der Waals surface area contributed by atoms with E-state index >= 15 is 0 Å². The molecule has 2 N–H and O–H groups in total. The number of rotatable bonds is 5. The van der Waals surface area contributed by atoms with Crippen LogP contribution in [0.3, 0.4) is 0 Å². The van der Waals surface area contributed by atoms with Gasteiger partial charge in [0.2, 0.25) is 0 Å². The smallest absolute Gasteiger partial charge is 0.0558 e. The van der Waals surface area contributed by atoms with Gasteiger partial charge in [0.1, 0.15) is 0 Å². The van der Waals surface area contributed by atoms with E-state index in [1.807, 2.05) is 20.2 Å². The predicted molar refractivity (Wildman–Crippen MR) is 77.0 cm³/mol. The van der Waals surface area contributed by atoms with Crippen LogP contribution >= 0.6 is 0 Å². The van der Waals surface area contributed by atoms with Gasteiger partial charge in [-0.2, -0.15) is 0 Å². The van der Waals surface area contributed by atoms with Crippen molar-refractivity contribution in [3.63, 3.8) is 0 Å². The molecule has 0 saturated heterocycles. The van der Waals surface area contributed by atoms with Crippen molar-refractivity contribution in [2.75, 3.05) is 14.1 Å². The molecular formula is C14H22N2O2. The molecule has 4 nitrogen and oxygen atoms in total. The van der Waals surface area contributed by atoms with Crippen LogP contribution in [-0.4, -0.2) is 36.0 Å². The second kappa shape index (κ2) is 10.6. The van der Waals surface area contributed by atoms with Gasteiger partial charge in [-0.05, 0) is 24.8 Å². The van der Waals surface area contributed by atoms with Gasteiger partial charge in [0.15, 0.2) is 0 Å². The molecule has 0 fully saturated rings. The third-order valence-corrected chi connectivity index (χ3v) is 2.70. The monoisotopic (exact) mass is 250 g/mol. The van der Waals surface area contributed by atoms with Crippen LogP contribution in [0.4, 0.5) is 0 Å². The van der Waals surface area contributed by atoms with Crippen molar-refractivity contribution >= 4 is 11.4 Å². The summed E-state index contributed by atoms with van der Waals surface area (Å²) in [5.74, 6) is 0. The van der Waals surface area contributed by atoms with Crippen molar-refractivity contribution in [1.82, 2.24) is 0 Å². The second-order valence-corrected chi connectivity index (χ2v) is 3.68. The van der Waals surface area contributed by atoms with Gasteiger partial charge in [0.05, 0.1) is 11.4 Å². The van der Waals surface area contributed by atoms with Gasteiger partial charge in [-0.25, -0.2) is 0 Å². The summed E-state index contributed by atoms with van der Waals surface area (Å²) in [5.41, 5.74) is 3.61.